The van der Waals surface area contributed by atoms with Crippen LogP contribution in [0.25, 0.3) is 0 Å². The van der Waals surface area contributed by atoms with Crippen molar-refractivity contribution in [3.05, 3.63) is 24.3 Å². The summed E-state index contributed by atoms with van der Waals surface area (Å²) in [5.74, 6) is 2.92. The van der Waals surface area contributed by atoms with Crippen molar-refractivity contribution in [2.45, 2.75) is 39.0 Å². The summed E-state index contributed by atoms with van der Waals surface area (Å²) in [6, 6.07) is 7.33. The molecule has 1 N–H and O–H groups in total. The van der Waals surface area contributed by atoms with Gasteiger partial charge in [-0.2, -0.15) is 0 Å². The van der Waals surface area contributed by atoms with Crippen LogP contribution in [0.5, 0.6) is 11.5 Å². The molecule has 6 heteroatoms. The fourth-order valence-corrected chi connectivity index (χ4v) is 4.25. The second-order valence-electron chi connectivity index (χ2n) is 7.40. The second-order valence-corrected chi connectivity index (χ2v) is 7.40. The van der Waals surface area contributed by atoms with Crippen molar-refractivity contribution in [2.24, 2.45) is 17.8 Å². The molecule has 2 bridgehead atoms. The van der Waals surface area contributed by atoms with E-state index in [0.29, 0.717) is 43.8 Å². The van der Waals surface area contributed by atoms with E-state index < -0.39 is 0 Å². The number of nitrogens with one attached hydrogen (secondary N) is 1. The maximum absolute atomic E-state index is 11.9. The van der Waals surface area contributed by atoms with Gasteiger partial charge in [0.1, 0.15) is 18.1 Å². The molecule has 6 nitrogen and oxygen atoms in total. The first-order chi connectivity index (χ1) is 13.1. The van der Waals surface area contributed by atoms with E-state index in [1.807, 2.05) is 31.2 Å². The standard InChI is InChI=1S/C21H29NO5/c1-2-25-18-5-7-19(8-6-18)26-10-9-22-20(23)14-27-21(24)13-17-12-15-3-4-16(17)11-15/h5-8,15-17H,2-4,9-14H2,1H3,(H,22,23)/t15-,16+,17+/m0/s1. The van der Waals surface area contributed by atoms with Crippen molar-refractivity contribution in [3.8, 4) is 11.5 Å². The zero-order valence-electron chi connectivity index (χ0n) is 15.9. The molecule has 1 aromatic carbocycles. The Kier molecular flexibility index (Phi) is 6.96. The zero-order chi connectivity index (χ0) is 19.1. The van der Waals surface area contributed by atoms with Gasteiger partial charge in [0.05, 0.1) is 13.2 Å². The van der Waals surface area contributed by atoms with Crippen molar-refractivity contribution >= 4 is 11.9 Å². The summed E-state index contributed by atoms with van der Waals surface area (Å²) in [6.07, 6.45) is 5.44. The normalized spacial score (nSPS) is 23.1. The molecule has 3 atom stereocenters. The maximum atomic E-state index is 11.9. The van der Waals surface area contributed by atoms with E-state index in [4.69, 9.17) is 14.2 Å². The number of ether oxygens (including phenoxy) is 3. The minimum atomic E-state index is -0.299. The Labute approximate surface area is 160 Å². The van der Waals surface area contributed by atoms with Crippen LogP contribution in [0.1, 0.15) is 39.0 Å². The van der Waals surface area contributed by atoms with Gasteiger partial charge in [-0.05, 0) is 68.2 Å². The van der Waals surface area contributed by atoms with E-state index in [1.165, 1.54) is 19.3 Å². The molecule has 0 unspecified atom stereocenters. The molecule has 148 valence electrons. The number of benzene rings is 1. The molecular weight excluding hydrogens is 346 g/mol. The third-order valence-electron chi connectivity index (χ3n) is 5.51. The molecule has 0 aliphatic heterocycles. The average molecular weight is 375 g/mol. The molecule has 0 spiro atoms. The first-order valence-electron chi connectivity index (χ1n) is 9.92. The minimum absolute atomic E-state index is 0.220. The molecule has 0 radical (unpaired) electrons. The summed E-state index contributed by atoms with van der Waals surface area (Å²) >= 11 is 0. The Hall–Kier alpha value is -2.24. The highest BCUT2D eigenvalue weighted by molar-refractivity contribution is 5.80. The van der Waals surface area contributed by atoms with Crippen molar-refractivity contribution in [1.82, 2.24) is 5.32 Å². The highest BCUT2D eigenvalue weighted by Crippen LogP contribution is 2.49. The predicted octanol–water partition coefficient (Wildman–Crippen LogP) is 2.95. The first-order valence-corrected chi connectivity index (χ1v) is 9.92. The van der Waals surface area contributed by atoms with Gasteiger partial charge < -0.3 is 19.5 Å². The van der Waals surface area contributed by atoms with Crippen LogP contribution in [0, 0.1) is 17.8 Å². The molecule has 3 rings (SSSR count). The van der Waals surface area contributed by atoms with Crippen LogP contribution in [-0.4, -0.2) is 38.2 Å². The largest absolute Gasteiger partial charge is 0.494 e. The van der Waals surface area contributed by atoms with Crippen molar-refractivity contribution in [2.75, 3.05) is 26.4 Å². The van der Waals surface area contributed by atoms with Gasteiger partial charge in [0, 0.05) is 6.42 Å². The van der Waals surface area contributed by atoms with Crippen LogP contribution in [0.15, 0.2) is 24.3 Å². The first kappa shape index (κ1) is 19.5. The SMILES string of the molecule is CCOc1ccc(OCCNC(=O)COC(=O)C[C@H]2C[C@H]3CC[C@@H]2C3)cc1. The molecule has 2 aliphatic rings. The van der Waals surface area contributed by atoms with Gasteiger partial charge in [-0.3, -0.25) is 9.59 Å². The fourth-order valence-electron chi connectivity index (χ4n) is 4.25. The number of carbonyl (C=O) groups excluding carboxylic acids is 2. The smallest absolute Gasteiger partial charge is 0.306 e. The Bertz CT molecular complexity index is 630. The van der Waals surface area contributed by atoms with E-state index >= 15 is 0 Å². The van der Waals surface area contributed by atoms with Crippen LogP contribution < -0.4 is 14.8 Å². The number of hydrogen-bond acceptors (Lipinski definition) is 5. The van der Waals surface area contributed by atoms with E-state index in [9.17, 15) is 9.59 Å². The second kappa shape index (κ2) is 9.62. The van der Waals surface area contributed by atoms with E-state index in [0.717, 1.165) is 18.1 Å². The van der Waals surface area contributed by atoms with E-state index in [-0.39, 0.29) is 18.5 Å². The van der Waals surface area contributed by atoms with Gasteiger partial charge in [-0.25, -0.2) is 0 Å². The number of carbonyl (C=O) groups is 2. The number of rotatable bonds is 10. The molecular formula is C21H29NO5. The molecule has 0 saturated heterocycles. The molecule has 1 aromatic rings. The van der Waals surface area contributed by atoms with Gasteiger partial charge >= 0.3 is 5.97 Å². The summed E-state index contributed by atoms with van der Waals surface area (Å²) in [5, 5.41) is 2.69. The van der Waals surface area contributed by atoms with Gasteiger partial charge in [-0.1, -0.05) is 6.42 Å². The van der Waals surface area contributed by atoms with Gasteiger partial charge in [0.2, 0.25) is 0 Å². The lowest BCUT2D eigenvalue weighted by Crippen LogP contribution is -2.32. The third-order valence-corrected chi connectivity index (χ3v) is 5.51. The molecule has 27 heavy (non-hydrogen) atoms. The fraction of sp³-hybridized carbons (Fsp3) is 0.619. The lowest BCUT2D eigenvalue weighted by molar-refractivity contribution is -0.149. The topological polar surface area (TPSA) is 73.9 Å². The highest BCUT2D eigenvalue weighted by atomic mass is 16.5. The molecule has 0 heterocycles. The molecule has 0 aromatic heterocycles. The Morgan fingerprint density at radius 2 is 1.81 bits per heavy atom. The van der Waals surface area contributed by atoms with Crippen LogP contribution in [0.3, 0.4) is 0 Å². The summed E-state index contributed by atoms with van der Waals surface area (Å²) in [6.45, 7) is 3.04. The summed E-state index contributed by atoms with van der Waals surface area (Å²) in [5.41, 5.74) is 0. The number of amides is 1. The average Bonchev–Trinajstić information content (AvgIpc) is 3.28. The predicted molar refractivity (Wildman–Crippen MR) is 101 cm³/mol. The molecule has 2 saturated carbocycles. The van der Waals surface area contributed by atoms with Crippen LogP contribution >= 0.6 is 0 Å². The summed E-state index contributed by atoms with van der Waals surface area (Å²) in [4.78, 5) is 23.7. The summed E-state index contributed by atoms with van der Waals surface area (Å²) in [7, 11) is 0. The summed E-state index contributed by atoms with van der Waals surface area (Å²) < 4.78 is 16.0. The monoisotopic (exact) mass is 375 g/mol. The third kappa shape index (κ3) is 5.88. The van der Waals surface area contributed by atoms with Gasteiger partial charge in [0.25, 0.3) is 5.91 Å². The number of esters is 1. The van der Waals surface area contributed by atoms with Crippen molar-refractivity contribution in [1.29, 1.82) is 0 Å². The lowest BCUT2D eigenvalue weighted by atomic mass is 9.86. The van der Waals surface area contributed by atoms with E-state index in [1.54, 1.807) is 0 Å². The molecule has 1 amide bonds. The van der Waals surface area contributed by atoms with Crippen molar-refractivity contribution < 1.29 is 23.8 Å². The minimum Gasteiger partial charge on any atom is -0.494 e. The lowest BCUT2D eigenvalue weighted by Gasteiger charge is -2.20. The quantitative estimate of drug-likeness (QED) is 0.503. The van der Waals surface area contributed by atoms with Crippen LogP contribution in [0.4, 0.5) is 0 Å². The van der Waals surface area contributed by atoms with Crippen molar-refractivity contribution in [3.63, 3.8) is 0 Å². The highest BCUT2D eigenvalue weighted by Gasteiger charge is 2.40. The molecule has 2 aliphatic carbocycles. The van der Waals surface area contributed by atoms with Gasteiger partial charge in [-0.15, -0.1) is 0 Å². The van der Waals surface area contributed by atoms with Crippen LogP contribution in [0.2, 0.25) is 0 Å². The maximum Gasteiger partial charge on any atom is 0.306 e. The number of fused-ring (bicyclic) bond motifs is 2. The van der Waals surface area contributed by atoms with Crippen LogP contribution in [-0.2, 0) is 14.3 Å². The van der Waals surface area contributed by atoms with E-state index in [2.05, 4.69) is 5.32 Å². The Morgan fingerprint density at radius 1 is 1.07 bits per heavy atom. The van der Waals surface area contributed by atoms with Gasteiger partial charge in [0.15, 0.2) is 6.61 Å². The molecule has 2 fully saturated rings. The zero-order valence-corrected chi connectivity index (χ0v) is 15.9. The number of hydrogen-bond donors (Lipinski definition) is 1. The Morgan fingerprint density at radius 3 is 2.44 bits per heavy atom. The Balaban J connectivity index is 1.24.